The quantitative estimate of drug-likeness (QED) is 0.656. The summed E-state index contributed by atoms with van der Waals surface area (Å²) in [6, 6.07) is 0. The van der Waals surface area contributed by atoms with Gasteiger partial charge in [-0.1, -0.05) is 6.92 Å². The summed E-state index contributed by atoms with van der Waals surface area (Å²) in [5, 5.41) is 12.6. The molecule has 1 aliphatic rings. The van der Waals surface area contributed by atoms with Crippen LogP contribution < -0.4 is 5.32 Å². The molecule has 1 aliphatic carbocycles. The third kappa shape index (κ3) is 2.15. The first-order valence-electron chi connectivity index (χ1n) is 4.66. The summed E-state index contributed by atoms with van der Waals surface area (Å²) in [4.78, 5) is 0. The lowest BCUT2D eigenvalue weighted by atomic mass is 9.97. The van der Waals surface area contributed by atoms with Crippen LogP contribution in [0.4, 0.5) is 0 Å². The molecule has 0 radical (unpaired) electrons. The molecular formula is C9H19NOS. The number of thioether (sulfide) groups is 1. The maximum absolute atomic E-state index is 9.34. The van der Waals surface area contributed by atoms with Crippen LogP contribution in [0.25, 0.3) is 0 Å². The zero-order chi connectivity index (χ0) is 9.03. The van der Waals surface area contributed by atoms with Gasteiger partial charge in [-0.2, -0.15) is 11.8 Å². The second kappa shape index (κ2) is 4.49. The molecule has 1 fully saturated rings. The Morgan fingerprint density at radius 2 is 2.25 bits per heavy atom. The molecule has 2 N–H and O–H groups in total. The van der Waals surface area contributed by atoms with E-state index >= 15 is 0 Å². The average molecular weight is 189 g/mol. The molecule has 0 amide bonds. The topological polar surface area (TPSA) is 32.3 Å². The van der Waals surface area contributed by atoms with E-state index < -0.39 is 0 Å². The smallest absolute Gasteiger partial charge is 0.0624 e. The van der Waals surface area contributed by atoms with E-state index in [1.165, 1.54) is 12.8 Å². The molecule has 0 aromatic heterocycles. The molecule has 1 saturated carbocycles. The van der Waals surface area contributed by atoms with Crippen LogP contribution in [0.3, 0.4) is 0 Å². The van der Waals surface area contributed by atoms with Gasteiger partial charge in [0.2, 0.25) is 0 Å². The molecule has 0 bridgehead atoms. The lowest BCUT2D eigenvalue weighted by Crippen LogP contribution is -2.51. The first kappa shape index (κ1) is 10.4. The number of rotatable bonds is 6. The molecule has 1 rings (SSSR count). The summed E-state index contributed by atoms with van der Waals surface area (Å²) in [5.74, 6) is 2.89. The molecule has 2 nitrogen and oxygen atoms in total. The summed E-state index contributed by atoms with van der Waals surface area (Å²) >= 11 is 1.91. The Kier molecular flexibility index (Phi) is 3.87. The summed E-state index contributed by atoms with van der Waals surface area (Å²) in [7, 11) is 1.96. The van der Waals surface area contributed by atoms with E-state index in [4.69, 9.17) is 0 Å². The zero-order valence-electron chi connectivity index (χ0n) is 7.97. The highest BCUT2D eigenvalue weighted by Gasteiger charge is 2.43. The Labute approximate surface area is 79.1 Å². The number of nitrogens with one attached hydrogen (secondary N) is 1. The molecule has 72 valence electrons. The molecule has 0 heterocycles. The Morgan fingerprint density at radius 1 is 1.58 bits per heavy atom. The van der Waals surface area contributed by atoms with E-state index in [-0.39, 0.29) is 12.1 Å². The predicted molar refractivity (Wildman–Crippen MR) is 54.6 cm³/mol. The highest BCUT2D eigenvalue weighted by atomic mass is 32.2. The molecular weight excluding hydrogens is 170 g/mol. The molecule has 1 unspecified atom stereocenters. The highest BCUT2D eigenvalue weighted by Crippen LogP contribution is 2.40. The molecule has 0 aromatic carbocycles. The maximum atomic E-state index is 9.34. The standard InChI is InChI=1S/C9H19NOS/c1-3-12-7-9(6-11,10-2)8-4-5-8/h8,10-11H,3-7H2,1-2H3. The van der Waals surface area contributed by atoms with Crippen molar-refractivity contribution in [1.29, 1.82) is 0 Å². The summed E-state index contributed by atoms with van der Waals surface area (Å²) in [6.07, 6.45) is 2.57. The van der Waals surface area contributed by atoms with Gasteiger partial charge < -0.3 is 10.4 Å². The lowest BCUT2D eigenvalue weighted by molar-refractivity contribution is 0.167. The molecule has 0 saturated heterocycles. The Balaban J connectivity index is 2.43. The van der Waals surface area contributed by atoms with Crippen molar-refractivity contribution in [1.82, 2.24) is 5.32 Å². The Bertz CT molecular complexity index is 132. The van der Waals surface area contributed by atoms with Gasteiger partial charge in [-0.3, -0.25) is 0 Å². The second-order valence-electron chi connectivity index (χ2n) is 3.48. The lowest BCUT2D eigenvalue weighted by Gasteiger charge is -2.31. The van der Waals surface area contributed by atoms with Gasteiger partial charge in [0.15, 0.2) is 0 Å². The molecule has 12 heavy (non-hydrogen) atoms. The van der Waals surface area contributed by atoms with Gasteiger partial charge in [-0.05, 0) is 31.6 Å². The van der Waals surface area contributed by atoms with Crippen molar-refractivity contribution in [3.63, 3.8) is 0 Å². The van der Waals surface area contributed by atoms with Gasteiger partial charge >= 0.3 is 0 Å². The number of hydrogen-bond acceptors (Lipinski definition) is 3. The highest BCUT2D eigenvalue weighted by molar-refractivity contribution is 7.99. The van der Waals surface area contributed by atoms with Crippen molar-refractivity contribution in [3.8, 4) is 0 Å². The van der Waals surface area contributed by atoms with E-state index in [1.54, 1.807) is 0 Å². The van der Waals surface area contributed by atoms with Crippen LogP contribution in [0.15, 0.2) is 0 Å². The van der Waals surface area contributed by atoms with Crippen LogP contribution in [-0.4, -0.2) is 35.8 Å². The van der Waals surface area contributed by atoms with E-state index in [0.717, 1.165) is 11.5 Å². The van der Waals surface area contributed by atoms with Gasteiger partial charge in [0, 0.05) is 5.75 Å². The molecule has 0 spiro atoms. The number of aliphatic hydroxyl groups is 1. The Morgan fingerprint density at radius 3 is 2.58 bits per heavy atom. The van der Waals surface area contributed by atoms with E-state index in [1.807, 2.05) is 18.8 Å². The third-order valence-electron chi connectivity index (χ3n) is 2.70. The van der Waals surface area contributed by atoms with Crippen molar-refractivity contribution in [2.75, 3.05) is 25.2 Å². The van der Waals surface area contributed by atoms with Gasteiger partial charge in [-0.25, -0.2) is 0 Å². The van der Waals surface area contributed by atoms with Crippen LogP contribution in [-0.2, 0) is 0 Å². The minimum absolute atomic E-state index is 0.0146. The van der Waals surface area contributed by atoms with E-state index in [2.05, 4.69) is 12.2 Å². The Hall–Kier alpha value is 0.270. The van der Waals surface area contributed by atoms with Crippen molar-refractivity contribution >= 4 is 11.8 Å². The fourth-order valence-electron chi connectivity index (χ4n) is 1.57. The summed E-state index contributed by atoms with van der Waals surface area (Å²) < 4.78 is 0. The molecule has 1 atom stereocenters. The fraction of sp³-hybridized carbons (Fsp3) is 1.00. The van der Waals surface area contributed by atoms with E-state index in [0.29, 0.717) is 5.92 Å². The average Bonchev–Trinajstić information content (AvgIpc) is 2.91. The van der Waals surface area contributed by atoms with Crippen LogP contribution in [0.5, 0.6) is 0 Å². The van der Waals surface area contributed by atoms with Gasteiger partial charge in [0.05, 0.1) is 12.1 Å². The largest absolute Gasteiger partial charge is 0.394 e. The number of likely N-dealkylation sites (N-methyl/N-ethyl adjacent to an activating group) is 1. The SMILES string of the molecule is CCSCC(CO)(NC)C1CC1. The summed E-state index contributed by atoms with van der Waals surface area (Å²) in [6.45, 7) is 2.44. The van der Waals surface area contributed by atoms with Crippen molar-refractivity contribution in [2.45, 2.75) is 25.3 Å². The van der Waals surface area contributed by atoms with Gasteiger partial charge in [0.1, 0.15) is 0 Å². The molecule has 0 aromatic rings. The van der Waals surface area contributed by atoms with Crippen LogP contribution in [0.2, 0.25) is 0 Å². The van der Waals surface area contributed by atoms with Crippen molar-refractivity contribution < 1.29 is 5.11 Å². The van der Waals surface area contributed by atoms with Crippen LogP contribution in [0, 0.1) is 5.92 Å². The first-order valence-corrected chi connectivity index (χ1v) is 5.82. The van der Waals surface area contributed by atoms with Gasteiger partial charge in [0.25, 0.3) is 0 Å². The van der Waals surface area contributed by atoms with Gasteiger partial charge in [-0.15, -0.1) is 0 Å². The predicted octanol–water partition coefficient (Wildman–Crippen LogP) is 1.10. The van der Waals surface area contributed by atoms with E-state index in [9.17, 15) is 5.11 Å². The monoisotopic (exact) mass is 189 g/mol. The van der Waals surface area contributed by atoms with Crippen LogP contribution in [0.1, 0.15) is 19.8 Å². The summed E-state index contributed by atoms with van der Waals surface area (Å²) in [5.41, 5.74) is 0.0146. The second-order valence-corrected chi connectivity index (χ2v) is 4.75. The third-order valence-corrected chi connectivity index (χ3v) is 3.83. The minimum atomic E-state index is 0.0146. The molecule has 0 aliphatic heterocycles. The zero-order valence-corrected chi connectivity index (χ0v) is 8.78. The fourth-order valence-corrected chi connectivity index (χ4v) is 2.61. The van der Waals surface area contributed by atoms with Crippen LogP contribution >= 0.6 is 11.8 Å². The minimum Gasteiger partial charge on any atom is -0.394 e. The maximum Gasteiger partial charge on any atom is 0.0624 e. The first-order chi connectivity index (χ1) is 5.79. The number of aliphatic hydroxyl groups excluding tert-OH is 1. The normalized spacial score (nSPS) is 22.2. The van der Waals surface area contributed by atoms with Crippen molar-refractivity contribution in [2.24, 2.45) is 5.92 Å². The molecule has 3 heteroatoms. The number of hydrogen-bond donors (Lipinski definition) is 2. The van der Waals surface area contributed by atoms with Crippen molar-refractivity contribution in [3.05, 3.63) is 0 Å².